The quantitative estimate of drug-likeness (QED) is 0.786. The summed E-state index contributed by atoms with van der Waals surface area (Å²) in [5.74, 6) is 0.969. The molecule has 1 aromatic rings. The van der Waals surface area contributed by atoms with Gasteiger partial charge in [-0.15, -0.1) is 0 Å². The Morgan fingerprint density at radius 2 is 2.43 bits per heavy atom. The van der Waals surface area contributed by atoms with E-state index in [0.29, 0.717) is 6.61 Å². The summed E-state index contributed by atoms with van der Waals surface area (Å²) >= 11 is 0. The highest BCUT2D eigenvalue weighted by atomic mass is 16.5. The van der Waals surface area contributed by atoms with Crippen LogP contribution in [-0.2, 0) is 11.2 Å². The highest BCUT2D eigenvalue weighted by Crippen LogP contribution is 2.32. The molecule has 1 aromatic carbocycles. The normalized spacial score (nSPS) is 16.1. The smallest absolute Gasteiger partial charge is 0.127 e. The Labute approximate surface area is 83.8 Å². The number of ether oxygens (including phenoxy) is 2. The van der Waals surface area contributed by atoms with Gasteiger partial charge in [0.05, 0.1) is 19.3 Å². The molecule has 0 radical (unpaired) electrons. The van der Waals surface area contributed by atoms with E-state index < -0.39 is 0 Å². The first kappa shape index (κ1) is 9.49. The molecule has 3 heteroatoms. The predicted molar refractivity (Wildman–Crippen MR) is 54.4 cm³/mol. The van der Waals surface area contributed by atoms with Crippen LogP contribution in [0.4, 0.5) is 0 Å². The van der Waals surface area contributed by atoms with Gasteiger partial charge in [0.1, 0.15) is 5.75 Å². The summed E-state index contributed by atoms with van der Waals surface area (Å²) < 4.78 is 10.6. The van der Waals surface area contributed by atoms with Gasteiger partial charge in [-0.3, -0.25) is 0 Å². The van der Waals surface area contributed by atoms with Crippen molar-refractivity contribution in [1.82, 2.24) is 0 Å². The van der Waals surface area contributed by atoms with Gasteiger partial charge in [0.15, 0.2) is 0 Å². The van der Waals surface area contributed by atoms with Crippen molar-refractivity contribution in [2.45, 2.75) is 12.5 Å². The summed E-state index contributed by atoms with van der Waals surface area (Å²) in [6, 6.07) is 6.03. The maximum Gasteiger partial charge on any atom is 0.127 e. The third kappa shape index (κ3) is 1.61. The van der Waals surface area contributed by atoms with Crippen molar-refractivity contribution < 1.29 is 9.47 Å². The number of nitrogens with two attached hydrogens (primary N) is 1. The summed E-state index contributed by atoms with van der Waals surface area (Å²) in [4.78, 5) is 0. The van der Waals surface area contributed by atoms with Gasteiger partial charge in [0.25, 0.3) is 0 Å². The van der Waals surface area contributed by atoms with Crippen molar-refractivity contribution in [3.05, 3.63) is 29.3 Å². The first-order valence-electron chi connectivity index (χ1n) is 4.82. The van der Waals surface area contributed by atoms with Gasteiger partial charge in [-0.25, -0.2) is 0 Å². The first-order chi connectivity index (χ1) is 6.83. The van der Waals surface area contributed by atoms with Gasteiger partial charge >= 0.3 is 0 Å². The van der Waals surface area contributed by atoms with Crippen LogP contribution in [0.1, 0.15) is 17.2 Å². The van der Waals surface area contributed by atoms with Crippen molar-refractivity contribution in [2.75, 3.05) is 20.3 Å². The molecular formula is C11H15NO2. The molecule has 0 aromatic heterocycles. The lowest BCUT2D eigenvalue weighted by molar-refractivity contribution is 0.179. The maximum atomic E-state index is 5.97. The van der Waals surface area contributed by atoms with Gasteiger partial charge in [0.2, 0.25) is 0 Å². The zero-order valence-electron chi connectivity index (χ0n) is 8.32. The van der Waals surface area contributed by atoms with Crippen LogP contribution in [0.3, 0.4) is 0 Å². The highest BCUT2D eigenvalue weighted by Gasteiger charge is 2.19. The second kappa shape index (κ2) is 3.98. The van der Waals surface area contributed by atoms with Gasteiger partial charge in [-0.05, 0) is 5.56 Å². The summed E-state index contributed by atoms with van der Waals surface area (Å²) in [7, 11) is 1.66. The van der Waals surface area contributed by atoms with E-state index in [1.165, 1.54) is 5.56 Å². The number of rotatable bonds is 3. The van der Waals surface area contributed by atoms with Crippen molar-refractivity contribution in [1.29, 1.82) is 0 Å². The molecule has 0 spiro atoms. The molecule has 1 atom stereocenters. The van der Waals surface area contributed by atoms with E-state index in [1.54, 1.807) is 7.11 Å². The molecule has 0 bridgehead atoms. The van der Waals surface area contributed by atoms with Crippen LogP contribution < -0.4 is 10.5 Å². The molecule has 0 amide bonds. The molecule has 1 heterocycles. The summed E-state index contributed by atoms with van der Waals surface area (Å²) in [5.41, 5.74) is 8.29. The molecule has 0 saturated carbocycles. The lowest BCUT2D eigenvalue weighted by Crippen LogP contribution is -2.16. The summed E-state index contributed by atoms with van der Waals surface area (Å²) in [6.45, 7) is 1.30. The molecular weight excluding hydrogens is 178 g/mol. The predicted octanol–water partition coefficient (Wildman–Crippen LogP) is 1.27. The Balaban J connectivity index is 2.29. The molecule has 2 rings (SSSR count). The number of fused-ring (bicyclic) bond motifs is 1. The fraction of sp³-hybridized carbons (Fsp3) is 0.455. The molecule has 1 unspecified atom stereocenters. The molecule has 0 fully saturated rings. The lowest BCUT2D eigenvalue weighted by Gasteiger charge is -2.14. The Morgan fingerprint density at radius 1 is 1.57 bits per heavy atom. The topological polar surface area (TPSA) is 44.5 Å². The van der Waals surface area contributed by atoms with Crippen molar-refractivity contribution in [3.63, 3.8) is 0 Å². The SMILES string of the molecule is COCC(N)c1cccc2c1OCC2. The van der Waals surface area contributed by atoms with E-state index in [9.17, 15) is 0 Å². The van der Waals surface area contributed by atoms with Crippen LogP contribution in [0.25, 0.3) is 0 Å². The van der Waals surface area contributed by atoms with Gasteiger partial charge in [-0.2, -0.15) is 0 Å². The molecule has 3 nitrogen and oxygen atoms in total. The number of para-hydroxylation sites is 1. The van der Waals surface area contributed by atoms with E-state index in [2.05, 4.69) is 6.07 Å². The Bertz CT molecular complexity index is 325. The third-order valence-electron chi connectivity index (χ3n) is 2.49. The fourth-order valence-corrected chi connectivity index (χ4v) is 1.80. The summed E-state index contributed by atoms with van der Waals surface area (Å²) in [6.07, 6.45) is 0.989. The summed E-state index contributed by atoms with van der Waals surface area (Å²) in [5, 5.41) is 0. The largest absolute Gasteiger partial charge is 0.493 e. The van der Waals surface area contributed by atoms with E-state index in [4.69, 9.17) is 15.2 Å². The Morgan fingerprint density at radius 3 is 3.21 bits per heavy atom. The number of hydrogen-bond acceptors (Lipinski definition) is 3. The van der Waals surface area contributed by atoms with E-state index in [-0.39, 0.29) is 6.04 Å². The molecule has 1 aliphatic heterocycles. The molecule has 2 N–H and O–H groups in total. The fourth-order valence-electron chi connectivity index (χ4n) is 1.80. The lowest BCUT2D eigenvalue weighted by atomic mass is 10.0. The minimum atomic E-state index is -0.0898. The van der Waals surface area contributed by atoms with E-state index >= 15 is 0 Å². The Kier molecular flexibility index (Phi) is 2.70. The average Bonchev–Trinajstić information content (AvgIpc) is 2.65. The van der Waals surface area contributed by atoms with Crippen molar-refractivity contribution >= 4 is 0 Å². The molecule has 1 aliphatic rings. The van der Waals surface area contributed by atoms with Gasteiger partial charge < -0.3 is 15.2 Å². The standard InChI is InChI=1S/C11H15NO2/c1-13-7-10(12)9-4-2-3-8-5-6-14-11(8)9/h2-4,10H,5-7,12H2,1H3. The van der Waals surface area contributed by atoms with Crippen LogP contribution in [0.2, 0.25) is 0 Å². The number of methoxy groups -OCH3 is 1. The second-order valence-electron chi connectivity index (χ2n) is 3.50. The first-order valence-corrected chi connectivity index (χ1v) is 4.82. The second-order valence-corrected chi connectivity index (χ2v) is 3.50. The molecule has 0 aliphatic carbocycles. The van der Waals surface area contributed by atoms with Gasteiger partial charge in [0, 0.05) is 19.1 Å². The van der Waals surface area contributed by atoms with Crippen LogP contribution in [0, 0.1) is 0 Å². The average molecular weight is 193 g/mol. The zero-order chi connectivity index (χ0) is 9.97. The molecule has 0 saturated heterocycles. The van der Waals surface area contributed by atoms with Crippen LogP contribution in [0.5, 0.6) is 5.75 Å². The molecule has 14 heavy (non-hydrogen) atoms. The number of benzene rings is 1. The minimum absolute atomic E-state index is 0.0898. The van der Waals surface area contributed by atoms with E-state index in [1.807, 2.05) is 12.1 Å². The highest BCUT2D eigenvalue weighted by molar-refractivity contribution is 5.45. The number of hydrogen-bond donors (Lipinski definition) is 1. The third-order valence-corrected chi connectivity index (χ3v) is 2.49. The van der Waals surface area contributed by atoms with Gasteiger partial charge in [-0.1, -0.05) is 18.2 Å². The van der Waals surface area contributed by atoms with Crippen LogP contribution in [0.15, 0.2) is 18.2 Å². The zero-order valence-corrected chi connectivity index (χ0v) is 8.32. The maximum absolute atomic E-state index is 5.97. The van der Waals surface area contributed by atoms with Crippen LogP contribution >= 0.6 is 0 Å². The Hall–Kier alpha value is -1.06. The monoisotopic (exact) mass is 193 g/mol. The van der Waals surface area contributed by atoms with Crippen molar-refractivity contribution in [3.8, 4) is 5.75 Å². The van der Waals surface area contributed by atoms with E-state index in [0.717, 1.165) is 24.3 Å². The molecule has 76 valence electrons. The van der Waals surface area contributed by atoms with Crippen LogP contribution in [-0.4, -0.2) is 20.3 Å². The minimum Gasteiger partial charge on any atom is -0.493 e. The van der Waals surface area contributed by atoms with Crippen molar-refractivity contribution in [2.24, 2.45) is 5.73 Å².